The predicted molar refractivity (Wildman–Crippen MR) is 88.2 cm³/mol. The van der Waals surface area contributed by atoms with E-state index in [9.17, 15) is 9.59 Å². The van der Waals surface area contributed by atoms with E-state index in [0.717, 1.165) is 0 Å². The molecule has 23 heavy (non-hydrogen) atoms. The van der Waals surface area contributed by atoms with Gasteiger partial charge in [0.25, 0.3) is 0 Å². The van der Waals surface area contributed by atoms with Crippen LogP contribution in [0, 0.1) is 0 Å². The molecular formula is C19H13NO3. The SMILES string of the molecule is O=C1C=CC(=Nc2ccc(OC(=O)c3ccccc3)cc2)C=C1. The fourth-order valence-electron chi connectivity index (χ4n) is 2.00. The zero-order valence-corrected chi connectivity index (χ0v) is 12.2. The van der Waals surface area contributed by atoms with Gasteiger partial charge in [-0.1, -0.05) is 18.2 Å². The number of hydrogen-bond acceptors (Lipinski definition) is 4. The lowest BCUT2D eigenvalue weighted by molar-refractivity contribution is -0.110. The monoisotopic (exact) mass is 303 g/mol. The maximum absolute atomic E-state index is 11.9. The first-order chi connectivity index (χ1) is 11.2. The number of carbonyl (C=O) groups is 2. The minimum absolute atomic E-state index is 0.0490. The first-order valence-corrected chi connectivity index (χ1v) is 7.07. The largest absolute Gasteiger partial charge is 0.423 e. The summed E-state index contributed by atoms with van der Waals surface area (Å²) in [5.41, 5.74) is 1.90. The van der Waals surface area contributed by atoms with Gasteiger partial charge in [-0.05, 0) is 60.7 Å². The Morgan fingerprint density at radius 1 is 0.826 bits per heavy atom. The summed E-state index contributed by atoms with van der Waals surface area (Å²) in [6, 6.07) is 15.7. The molecule has 0 atom stereocenters. The first kappa shape index (κ1) is 14.7. The molecule has 1 aliphatic carbocycles. The number of carbonyl (C=O) groups excluding carboxylic acids is 2. The molecule has 0 aromatic heterocycles. The lowest BCUT2D eigenvalue weighted by atomic mass is 10.1. The highest BCUT2D eigenvalue weighted by atomic mass is 16.5. The van der Waals surface area contributed by atoms with Crippen LogP contribution in [0.3, 0.4) is 0 Å². The van der Waals surface area contributed by atoms with Gasteiger partial charge in [-0.25, -0.2) is 9.79 Å². The van der Waals surface area contributed by atoms with Crippen molar-refractivity contribution in [3.05, 3.63) is 84.5 Å². The van der Waals surface area contributed by atoms with Crippen LogP contribution in [-0.4, -0.2) is 17.5 Å². The summed E-state index contributed by atoms with van der Waals surface area (Å²) in [4.78, 5) is 27.4. The van der Waals surface area contributed by atoms with Gasteiger partial charge in [-0.15, -0.1) is 0 Å². The molecule has 2 aromatic carbocycles. The van der Waals surface area contributed by atoms with Crippen molar-refractivity contribution >= 4 is 23.2 Å². The predicted octanol–water partition coefficient (Wildman–Crippen LogP) is 3.67. The van der Waals surface area contributed by atoms with Gasteiger partial charge in [0.15, 0.2) is 5.78 Å². The van der Waals surface area contributed by atoms with E-state index in [-0.39, 0.29) is 5.78 Å². The van der Waals surface area contributed by atoms with Gasteiger partial charge < -0.3 is 4.74 Å². The second-order valence-corrected chi connectivity index (χ2v) is 4.86. The molecule has 3 rings (SSSR count). The third-order valence-corrected chi connectivity index (χ3v) is 3.15. The van der Waals surface area contributed by atoms with Crippen LogP contribution in [0.15, 0.2) is 83.9 Å². The van der Waals surface area contributed by atoms with Crippen molar-refractivity contribution < 1.29 is 14.3 Å². The van der Waals surface area contributed by atoms with Crippen molar-refractivity contribution in [2.75, 3.05) is 0 Å². The Labute approximate surface area is 133 Å². The Morgan fingerprint density at radius 2 is 1.48 bits per heavy atom. The summed E-state index contributed by atoms with van der Waals surface area (Å²) in [6.45, 7) is 0. The Bertz CT molecular complexity index is 797. The number of esters is 1. The second kappa shape index (κ2) is 6.66. The van der Waals surface area contributed by atoms with Gasteiger partial charge in [-0.2, -0.15) is 0 Å². The first-order valence-electron chi connectivity index (χ1n) is 7.07. The number of ketones is 1. The number of rotatable bonds is 3. The number of nitrogens with zero attached hydrogens (tertiary/aromatic N) is 1. The van der Waals surface area contributed by atoms with Crippen molar-refractivity contribution in [3.63, 3.8) is 0 Å². The number of hydrogen-bond donors (Lipinski definition) is 0. The molecule has 4 heteroatoms. The summed E-state index contributed by atoms with van der Waals surface area (Å²) in [6.07, 6.45) is 6.25. The molecule has 0 fully saturated rings. The molecule has 2 aromatic rings. The molecular weight excluding hydrogens is 290 g/mol. The number of aliphatic imine (C=N–C) groups is 1. The molecule has 0 amide bonds. The quantitative estimate of drug-likeness (QED) is 0.494. The molecule has 4 nitrogen and oxygen atoms in total. The van der Waals surface area contributed by atoms with E-state index < -0.39 is 5.97 Å². The van der Waals surface area contributed by atoms with Crippen LogP contribution in [0.5, 0.6) is 5.75 Å². The van der Waals surface area contributed by atoms with Crippen LogP contribution in [-0.2, 0) is 4.79 Å². The Balaban J connectivity index is 1.69. The molecule has 0 unspecified atom stereocenters. The van der Waals surface area contributed by atoms with E-state index in [2.05, 4.69) is 4.99 Å². The van der Waals surface area contributed by atoms with E-state index in [1.165, 1.54) is 12.2 Å². The van der Waals surface area contributed by atoms with Gasteiger partial charge in [0.2, 0.25) is 0 Å². The average molecular weight is 303 g/mol. The molecule has 0 saturated heterocycles. The van der Waals surface area contributed by atoms with Gasteiger partial charge >= 0.3 is 5.97 Å². The van der Waals surface area contributed by atoms with Crippen molar-refractivity contribution in [2.24, 2.45) is 4.99 Å². The number of ether oxygens (including phenoxy) is 1. The zero-order chi connectivity index (χ0) is 16.1. The third kappa shape index (κ3) is 3.89. The second-order valence-electron chi connectivity index (χ2n) is 4.86. The lowest BCUT2D eigenvalue weighted by Crippen LogP contribution is -2.07. The van der Waals surface area contributed by atoms with Crippen LogP contribution in [0.25, 0.3) is 0 Å². The Kier molecular flexibility index (Phi) is 4.25. The Hall–Kier alpha value is -3.27. The molecule has 112 valence electrons. The highest BCUT2D eigenvalue weighted by molar-refractivity contribution is 6.17. The van der Waals surface area contributed by atoms with E-state index in [0.29, 0.717) is 22.7 Å². The lowest BCUT2D eigenvalue weighted by Gasteiger charge is -2.05. The van der Waals surface area contributed by atoms with Gasteiger partial charge in [-0.3, -0.25) is 4.79 Å². The van der Waals surface area contributed by atoms with Gasteiger partial charge in [0.1, 0.15) is 5.75 Å². The highest BCUT2D eigenvalue weighted by Crippen LogP contribution is 2.20. The average Bonchev–Trinajstić information content (AvgIpc) is 2.59. The molecule has 0 bridgehead atoms. The van der Waals surface area contributed by atoms with Crippen molar-refractivity contribution in [1.29, 1.82) is 0 Å². The van der Waals surface area contributed by atoms with Crippen molar-refractivity contribution in [1.82, 2.24) is 0 Å². The van der Waals surface area contributed by atoms with Crippen LogP contribution in [0.1, 0.15) is 10.4 Å². The van der Waals surface area contributed by atoms with Crippen molar-refractivity contribution in [3.8, 4) is 5.75 Å². The molecule has 1 aliphatic rings. The fourth-order valence-corrected chi connectivity index (χ4v) is 2.00. The maximum Gasteiger partial charge on any atom is 0.343 e. The van der Waals surface area contributed by atoms with Crippen LogP contribution in [0.2, 0.25) is 0 Å². The normalized spacial score (nSPS) is 13.0. The maximum atomic E-state index is 11.9. The van der Waals surface area contributed by atoms with Crippen molar-refractivity contribution in [2.45, 2.75) is 0 Å². The molecule has 0 radical (unpaired) electrons. The van der Waals surface area contributed by atoms with Crippen LogP contribution in [0.4, 0.5) is 5.69 Å². The molecule has 0 N–H and O–H groups in total. The summed E-state index contributed by atoms with van der Waals surface area (Å²) in [5, 5.41) is 0. The Morgan fingerprint density at radius 3 is 2.13 bits per heavy atom. The van der Waals surface area contributed by atoms with Crippen LogP contribution >= 0.6 is 0 Å². The number of allylic oxidation sites excluding steroid dienone is 4. The summed E-state index contributed by atoms with van der Waals surface area (Å²) >= 11 is 0. The smallest absolute Gasteiger partial charge is 0.343 e. The fraction of sp³-hybridized carbons (Fsp3) is 0. The minimum Gasteiger partial charge on any atom is -0.423 e. The summed E-state index contributed by atoms with van der Waals surface area (Å²) in [7, 11) is 0. The zero-order valence-electron chi connectivity index (χ0n) is 12.2. The van der Waals surface area contributed by atoms with Gasteiger partial charge in [0.05, 0.1) is 17.0 Å². The number of benzene rings is 2. The minimum atomic E-state index is -0.402. The van der Waals surface area contributed by atoms with E-state index in [1.807, 2.05) is 6.07 Å². The molecule has 0 spiro atoms. The summed E-state index contributed by atoms with van der Waals surface area (Å²) in [5.74, 6) is 0.00107. The topological polar surface area (TPSA) is 55.7 Å². The van der Waals surface area contributed by atoms with E-state index in [1.54, 1.807) is 60.7 Å². The molecule has 0 saturated carbocycles. The molecule has 0 heterocycles. The van der Waals surface area contributed by atoms with Gasteiger partial charge in [0, 0.05) is 0 Å². The molecule has 0 aliphatic heterocycles. The van der Waals surface area contributed by atoms with Crippen LogP contribution < -0.4 is 4.74 Å². The third-order valence-electron chi connectivity index (χ3n) is 3.15. The summed E-state index contributed by atoms with van der Waals surface area (Å²) < 4.78 is 5.30. The standard InChI is InChI=1S/C19H13NO3/c21-17-10-6-15(7-11-17)20-16-8-12-18(13-9-16)23-19(22)14-4-2-1-3-5-14/h1-13H. The van der Waals surface area contributed by atoms with E-state index in [4.69, 9.17) is 4.74 Å². The van der Waals surface area contributed by atoms with E-state index >= 15 is 0 Å². The highest BCUT2D eigenvalue weighted by Gasteiger charge is 2.07.